The number of nitrogens with zero attached hydrogens (tertiary/aromatic N) is 2. The molecule has 54 heavy (non-hydrogen) atoms. The number of aliphatic hydroxyl groups excluding tert-OH is 1. The first-order valence-corrected chi connectivity index (χ1v) is 19.4. The molecular weight excluding hydrogens is 750 g/mol. The van der Waals surface area contributed by atoms with Gasteiger partial charge in [-0.15, -0.1) is 13.2 Å². The Morgan fingerprint density at radius 2 is 1.78 bits per heavy atom. The summed E-state index contributed by atoms with van der Waals surface area (Å²) in [5, 5.41) is 13.8. The first kappa shape index (κ1) is 39.1. The number of rotatable bonds is 16. The maximum Gasteiger partial charge on any atom is 0.313 e. The highest BCUT2D eigenvalue weighted by Crippen LogP contribution is 2.61. The summed E-state index contributed by atoms with van der Waals surface area (Å²) >= 11 is 3.76. The quantitative estimate of drug-likeness (QED) is 0.111. The number of benzene rings is 3. The largest absolute Gasteiger partial charge is 0.455 e. The molecule has 0 radical (unpaired) electrons. The average Bonchev–Trinajstić information content (AvgIpc) is 3.78. The number of halogens is 1. The van der Waals surface area contributed by atoms with Crippen LogP contribution in [0.5, 0.6) is 0 Å². The molecule has 3 aliphatic rings. The Morgan fingerprint density at radius 3 is 2.44 bits per heavy atom. The summed E-state index contributed by atoms with van der Waals surface area (Å²) in [5.74, 6) is -3.83. The third-order valence-corrected chi connectivity index (χ3v) is 11.7. The molecular formula is C43H48BrN3O7. The van der Waals surface area contributed by atoms with Crippen LogP contribution in [0.15, 0.2) is 104 Å². The smallest absolute Gasteiger partial charge is 0.313 e. The van der Waals surface area contributed by atoms with Crippen LogP contribution < -0.4 is 10.2 Å². The molecule has 0 aliphatic carbocycles. The van der Waals surface area contributed by atoms with Crippen LogP contribution in [-0.2, 0) is 35.1 Å². The highest BCUT2D eigenvalue weighted by Gasteiger charge is 2.77. The van der Waals surface area contributed by atoms with Crippen LogP contribution in [0.3, 0.4) is 0 Å². The average molecular weight is 799 g/mol. The molecule has 3 fully saturated rings. The number of nitrogens with one attached hydrogen (secondary N) is 1. The van der Waals surface area contributed by atoms with E-state index in [1.54, 1.807) is 17.1 Å². The van der Waals surface area contributed by atoms with Gasteiger partial charge in [-0.1, -0.05) is 101 Å². The summed E-state index contributed by atoms with van der Waals surface area (Å²) in [6.07, 6.45) is 2.99. The van der Waals surface area contributed by atoms with Gasteiger partial charge in [-0.05, 0) is 61.4 Å². The number of ether oxygens (including phenoxy) is 2. The lowest BCUT2D eigenvalue weighted by molar-refractivity contribution is -0.160. The third kappa shape index (κ3) is 7.54. The van der Waals surface area contributed by atoms with Crippen LogP contribution in [0.2, 0.25) is 0 Å². The molecule has 3 heterocycles. The fourth-order valence-corrected chi connectivity index (χ4v) is 9.33. The molecule has 3 amide bonds. The van der Waals surface area contributed by atoms with Crippen LogP contribution in [0, 0.1) is 25.7 Å². The number of fused-ring (bicyclic) bond motifs is 1. The Morgan fingerprint density at radius 1 is 1.07 bits per heavy atom. The second-order valence-corrected chi connectivity index (χ2v) is 15.6. The van der Waals surface area contributed by atoms with Gasteiger partial charge in [-0.2, -0.15) is 0 Å². The Balaban J connectivity index is 1.40. The number of likely N-dealkylation sites (tertiary alicyclic amines) is 1. The zero-order chi connectivity index (χ0) is 38.6. The molecule has 284 valence electrons. The van der Waals surface area contributed by atoms with Crippen LogP contribution in [0.4, 0.5) is 5.69 Å². The van der Waals surface area contributed by atoms with Gasteiger partial charge in [0.2, 0.25) is 11.8 Å². The molecule has 3 saturated heterocycles. The third-order valence-electron chi connectivity index (χ3n) is 10.9. The Labute approximate surface area is 325 Å². The van der Waals surface area contributed by atoms with Gasteiger partial charge in [-0.25, -0.2) is 0 Å². The molecule has 3 aromatic rings. The van der Waals surface area contributed by atoms with Crippen molar-refractivity contribution >= 4 is 45.3 Å². The lowest BCUT2D eigenvalue weighted by Gasteiger charge is -2.39. The van der Waals surface area contributed by atoms with E-state index >= 15 is 9.59 Å². The molecule has 11 heteroatoms. The molecule has 3 aromatic carbocycles. The number of amides is 3. The van der Waals surface area contributed by atoms with Crippen LogP contribution in [-0.4, -0.2) is 82.0 Å². The molecule has 1 unspecified atom stereocenters. The number of anilines is 1. The minimum Gasteiger partial charge on any atom is -0.455 e. The molecule has 0 saturated carbocycles. The lowest BCUT2D eigenvalue weighted by Crippen LogP contribution is -2.59. The number of alkyl halides is 1. The van der Waals surface area contributed by atoms with E-state index in [0.29, 0.717) is 17.7 Å². The van der Waals surface area contributed by atoms with Gasteiger partial charge in [-0.3, -0.25) is 19.2 Å². The molecule has 0 aromatic heterocycles. The highest BCUT2D eigenvalue weighted by molar-refractivity contribution is 9.09. The van der Waals surface area contributed by atoms with Crippen molar-refractivity contribution in [1.82, 2.24) is 10.2 Å². The standard InChI is InChI=1S/C43H48BrN3O7/c1-5-7-18-35(49)45-25-34(30-16-12-9-13-17-30)53-42(52)36-37-40(50)47(31(26-48)23-29-14-10-8-11-15-29)39(43(37)24-32(44)38(36)54-43)41(51)46(21-6-2)33-22-27(3)19-20-28(33)4/h5-6,8-17,19-20,22,31-32,34,36-39,48H,1-2,7,18,21,23-26H2,3-4H3,(H,45,49)/t31-,32?,34-,36-,37+,38-,39-,43+/m1/s1. The molecule has 3 aliphatic heterocycles. The summed E-state index contributed by atoms with van der Waals surface area (Å²) in [5.41, 5.74) is 2.64. The number of carbonyl (C=O) groups is 4. The zero-order valence-electron chi connectivity index (χ0n) is 30.7. The number of aliphatic hydroxyl groups is 1. The van der Waals surface area contributed by atoms with Crippen LogP contribution >= 0.6 is 15.9 Å². The molecule has 1 spiro atoms. The van der Waals surface area contributed by atoms with Crippen molar-refractivity contribution in [2.75, 3.05) is 24.6 Å². The zero-order valence-corrected chi connectivity index (χ0v) is 32.3. The fraction of sp³-hybridized carbons (Fsp3) is 0.395. The second kappa shape index (κ2) is 16.8. The van der Waals surface area contributed by atoms with Gasteiger partial charge in [0.05, 0.1) is 37.1 Å². The monoisotopic (exact) mass is 797 g/mol. The van der Waals surface area contributed by atoms with Crippen molar-refractivity contribution in [3.05, 3.63) is 126 Å². The Kier molecular flexibility index (Phi) is 12.2. The highest BCUT2D eigenvalue weighted by atomic mass is 79.9. The number of hydrogen-bond acceptors (Lipinski definition) is 7. The minimum atomic E-state index is -1.40. The number of carbonyl (C=O) groups excluding carboxylic acids is 4. The first-order valence-electron chi connectivity index (χ1n) is 18.5. The molecule has 2 N–H and O–H groups in total. The van der Waals surface area contributed by atoms with Crippen molar-refractivity contribution in [1.29, 1.82) is 0 Å². The number of allylic oxidation sites excluding steroid dienone is 1. The van der Waals surface area contributed by atoms with Crippen molar-refractivity contribution in [2.45, 2.75) is 74.3 Å². The molecule has 2 bridgehead atoms. The van der Waals surface area contributed by atoms with E-state index in [2.05, 4.69) is 34.4 Å². The topological polar surface area (TPSA) is 125 Å². The van der Waals surface area contributed by atoms with E-state index in [9.17, 15) is 14.7 Å². The van der Waals surface area contributed by atoms with Gasteiger partial charge < -0.3 is 29.7 Å². The Bertz CT molecular complexity index is 1870. The maximum absolute atomic E-state index is 15.3. The molecule has 6 rings (SSSR count). The predicted octanol–water partition coefficient (Wildman–Crippen LogP) is 5.54. The number of aryl methyl sites for hydroxylation is 2. The maximum atomic E-state index is 15.3. The summed E-state index contributed by atoms with van der Waals surface area (Å²) in [7, 11) is 0. The van der Waals surface area contributed by atoms with Crippen LogP contribution in [0.1, 0.15) is 47.6 Å². The summed E-state index contributed by atoms with van der Waals surface area (Å²) < 4.78 is 13.0. The van der Waals surface area contributed by atoms with Crippen molar-refractivity contribution < 1.29 is 33.8 Å². The molecule has 8 atom stereocenters. The predicted molar refractivity (Wildman–Crippen MR) is 210 cm³/mol. The van der Waals surface area contributed by atoms with Crippen LogP contribution in [0.25, 0.3) is 0 Å². The Hall–Kier alpha value is -4.58. The van der Waals surface area contributed by atoms with E-state index in [4.69, 9.17) is 9.47 Å². The summed E-state index contributed by atoms with van der Waals surface area (Å²) in [6, 6.07) is 22.5. The van der Waals surface area contributed by atoms with E-state index in [1.165, 1.54) is 4.90 Å². The second-order valence-electron chi connectivity index (χ2n) is 14.4. The lowest BCUT2D eigenvalue weighted by atomic mass is 9.70. The summed E-state index contributed by atoms with van der Waals surface area (Å²) in [4.78, 5) is 60.2. The SMILES string of the molecule is C=CCCC(=O)NC[C@@H](OC(=O)[C@H]1[C@@H]2O[C@@]3(CC2Br)[C@@H]1C(=O)N([C@@H](CO)Cc1ccccc1)[C@@H]3C(=O)N(CC=C)c1cc(C)ccc1C)c1ccccc1. The first-order chi connectivity index (χ1) is 26.0. The van der Waals surface area contributed by atoms with Gasteiger partial charge in [0.1, 0.15) is 17.7 Å². The van der Waals surface area contributed by atoms with E-state index in [-0.39, 0.29) is 49.0 Å². The fourth-order valence-electron chi connectivity index (χ4n) is 8.38. The van der Waals surface area contributed by atoms with Gasteiger partial charge in [0, 0.05) is 23.5 Å². The van der Waals surface area contributed by atoms with E-state index < -0.39 is 60.2 Å². The van der Waals surface area contributed by atoms with Gasteiger partial charge >= 0.3 is 5.97 Å². The number of hydrogen-bond donors (Lipinski definition) is 2. The van der Waals surface area contributed by atoms with Gasteiger partial charge in [0.15, 0.2) is 0 Å². The normalized spacial score (nSPS) is 25.1. The van der Waals surface area contributed by atoms with Gasteiger partial charge in [0.25, 0.3) is 5.91 Å². The van der Waals surface area contributed by atoms with Crippen molar-refractivity contribution in [2.24, 2.45) is 11.8 Å². The van der Waals surface area contributed by atoms with E-state index in [0.717, 1.165) is 16.7 Å². The number of esters is 1. The van der Waals surface area contributed by atoms with E-state index in [1.807, 2.05) is 92.7 Å². The molecule has 10 nitrogen and oxygen atoms in total. The minimum absolute atomic E-state index is 0.0225. The summed E-state index contributed by atoms with van der Waals surface area (Å²) in [6.45, 7) is 11.2. The van der Waals surface area contributed by atoms with Crippen molar-refractivity contribution in [3.8, 4) is 0 Å². The van der Waals surface area contributed by atoms with Crippen molar-refractivity contribution in [3.63, 3.8) is 0 Å².